The number of benzene rings is 2. The number of nitrogens with one attached hydrogen (secondary N) is 2. The third kappa shape index (κ3) is 6.72. The van der Waals surface area contributed by atoms with Gasteiger partial charge in [-0.25, -0.2) is 0 Å². The summed E-state index contributed by atoms with van der Waals surface area (Å²) in [5.74, 6) is 1.41. The standard InChI is InChI=1S/C31H42N4O2/c1-34-18-5-8-27(22-34)30(36)32-20-23-17-19-35(21-23)29-15-13-28(14-16-29)33-31(37)26-11-9-25(10-12-26)24-6-3-2-4-7-24/h9-16,23-24,27H,2-8,17-22H2,1H3,(H,32,36)(H,33,37)/t23?,27-/m1/s1. The van der Waals surface area contributed by atoms with Gasteiger partial charge in [-0.3, -0.25) is 9.59 Å². The number of carbonyl (C=O) groups excluding carboxylic acids is 2. The normalized spacial score (nSPS) is 23.1. The zero-order valence-electron chi connectivity index (χ0n) is 22.3. The summed E-state index contributed by atoms with van der Waals surface area (Å²) in [4.78, 5) is 30.0. The average molecular weight is 503 g/mol. The number of rotatable bonds is 7. The predicted molar refractivity (Wildman–Crippen MR) is 150 cm³/mol. The molecule has 1 aliphatic carbocycles. The Morgan fingerprint density at radius 1 is 0.838 bits per heavy atom. The van der Waals surface area contributed by atoms with E-state index >= 15 is 0 Å². The van der Waals surface area contributed by atoms with E-state index in [1.54, 1.807) is 0 Å². The molecule has 1 unspecified atom stereocenters. The molecule has 1 saturated carbocycles. The summed E-state index contributed by atoms with van der Waals surface area (Å²) in [6, 6.07) is 16.3. The molecule has 0 bridgehead atoms. The van der Waals surface area contributed by atoms with Crippen molar-refractivity contribution in [3.05, 3.63) is 59.7 Å². The Hall–Kier alpha value is -2.86. The van der Waals surface area contributed by atoms with Crippen LogP contribution in [0.25, 0.3) is 0 Å². The highest BCUT2D eigenvalue weighted by Crippen LogP contribution is 2.32. The first-order chi connectivity index (χ1) is 18.0. The Balaban J connectivity index is 1.08. The van der Waals surface area contributed by atoms with E-state index in [-0.39, 0.29) is 17.7 Å². The van der Waals surface area contributed by atoms with Gasteiger partial charge in [-0.1, -0.05) is 31.4 Å². The Morgan fingerprint density at radius 3 is 2.32 bits per heavy atom. The summed E-state index contributed by atoms with van der Waals surface area (Å²) < 4.78 is 0. The molecular formula is C31H42N4O2. The van der Waals surface area contributed by atoms with E-state index in [4.69, 9.17) is 0 Å². The zero-order chi connectivity index (χ0) is 25.6. The molecule has 3 aliphatic rings. The van der Waals surface area contributed by atoms with E-state index in [9.17, 15) is 9.59 Å². The quantitative estimate of drug-likeness (QED) is 0.541. The third-order valence-corrected chi connectivity index (χ3v) is 8.59. The van der Waals surface area contributed by atoms with Crippen LogP contribution in [0.1, 0.15) is 73.2 Å². The molecule has 2 heterocycles. The number of anilines is 2. The second-order valence-electron chi connectivity index (χ2n) is 11.4. The van der Waals surface area contributed by atoms with E-state index in [1.165, 1.54) is 37.7 Å². The number of piperidine rings is 1. The average Bonchev–Trinajstić information content (AvgIpc) is 3.42. The summed E-state index contributed by atoms with van der Waals surface area (Å²) in [6.07, 6.45) is 9.71. The van der Waals surface area contributed by atoms with Crippen LogP contribution in [0.15, 0.2) is 48.5 Å². The second kappa shape index (κ2) is 12.1. The fourth-order valence-electron chi connectivity index (χ4n) is 6.30. The van der Waals surface area contributed by atoms with Gasteiger partial charge in [-0.15, -0.1) is 0 Å². The van der Waals surface area contributed by atoms with Crippen molar-refractivity contribution in [2.45, 2.75) is 57.3 Å². The molecule has 2 N–H and O–H groups in total. The number of carbonyl (C=O) groups is 2. The number of hydrogen-bond acceptors (Lipinski definition) is 4. The largest absolute Gasteiger partial charge is 0.371 e. The van der Waals surface area contributed by atoms with Crippen LogP contribution < -0.4 is 15.5 Å². The van der Waals surface area contributed by atoms with Gasteiger partial charge < -0.3 is 20.4 Å². The highest BCUT2D eigenvalue weighted by molar-refractivity contribution is 6.04. The Labute approximate surface area is 221 Å². The molecule has 3 fully saturated rings. The van der Waals surface area contributed by atoms with Crippen molar-refractivity contribution in [3.63, 3.8) is 0 Å². The lowest BCUT2D eigenvalue weighted by Crippen LogP contribution is -2.42. The minimum absolute atomic E-state index is 0.0657. The molecule has 5 rings (SSSR count). The first-order valence-corrected chi connectivity index (χ1v) is 14.3. The molecule has 2 aliphatic heterocycles. The summed E-state index contributed by atoms with van der Waals surface area (Å²) in [5, 5.41) is 6.26. The van der Waals surface area contributed by atoms with E-state index < -0.39 is 0 Å². The Morgan fingerprint density at radius 2 is 1.59 bits per heavy atom. The van der Waals surface area contributed by atoms with Gasteiger partial charge in [-0.2, -0.15) is 0 Å². The molecule has 2 amide bonds. The Bertz CT molecular complexity index is 1050. The van der Waals surface area contributed by atoms with E-state index in [2.05, 4.69) is 51.7 Å². The van der Waals surface area contributed by atoms with Gasteiger partial charge in [0.2, 0.25) is 5.91 Å². The smallest absolute Gasteiger partial charge is 0.255 e. The van der Waals surface area contributed by atoms with E-state index in [1.807, 2.05) is 24.3 Å². The highest BCUT2D eigenvalue weighted by Gasteiger charge is 2.27. The second-order valence-corrected chi connectivity index (χ2v) is 11.4. The summed E-state index contributed by atoms with van der Waals surface area (Å²) in [7, 11) is 2.10. The number of amides is 2. The van der Waals surface area contributed by atoms with E-state index in [0.29, 0.717) is 17.4 Å². The van der Waals surface area contributed by atoms with Crippen LogP contribution in [0.5, 0.6) is 0 Å². The van der Waals surface area contributed by atoms with Crippen molar-refractivity contribution in [1.29, 1.82) is 0 Å². The molecule has 2 atom stereocenters. The maximum atomic E-state index is 12.8. The fourth-order valence-corrected chi connectivity index (χ4v) is 6.30. The lowest BCUT2D eigenvalue weighted by Gasteiger charge is -2.29. The molecule has 2 aromatic rings. The van der Waals surface area contributed by atoms with Crippen LogP contribution in [-0.4, -0.2) is 56.5 Å². The van der Waals surface area contributed by atoms with Crippen LogP contribution >= 0.6 is 0 Å². The Kier molecular flexibility index (Phi) is 8.45. The number of likely N-dealkylation sites (tertiary alicyclic amines) is 1. The van der Waals surface area contributed by atoms with Crippen molar-refractivity contribution in [2.24, 2.45) is 11.8 Å². The van der Waals surface area contributed by atoms with Crippen LogP contribution in [0.4, 0.5) is 11.4 Å². The first-order valence-electron chi connectivity index (χ1n) is 14.3. The zero-order valence-corrected chi connectivity index (χ0v) is 22.3. The van der Waals surface area contributed by atoms with Gasteiger partial charge in [0.25, 0.3) is 5.91 Å². The SMILES string of the molecule is CN1CCC[C@@H](C(=O)NCC2CCN(c3ccc(NC(=O)c4ccc(C5CCCCC5)cc4)cc3)C2)C1. The monoisotopic (exact) mass is 502 g/mol. The molecular weight excluding hydrogens is 460 g/mol. The lowest BCUT2D eigenvalue weighted by molar-refractivity contribution is -0.126. The minimum Gasteiger partial charge on any atom is -0.371 e. The van der Waals surface area contributed by atoms with Gasteiger partial charge in [0.05, 0.1) is 5.92 Å². The maximum absolute atomic E-state index is 12.8. The van der Waals surface area contributed by atoms with E-state index in [0.717, 1.165) is 63.4 Å². The van der Waals surface area contributed by atoms with Crippen molar-refractivity contribution < 1.29 is 9.59 Å². The minimum atomic E-state index is -0.0657. The van der Waals surface area contributed by atoms with Gasteiger partial charge in [0.1, 0.15) is 0 Å². The fraction of sp³-hybridized carbons (Fsp3) is 0.548. The topological polar surface area (TPSA) is 64.7 Å². The highest BCUT2D eigenvalue weighted by atomic mass is 16.2. The maximum Gasteiger partial charge on any atom is 0.255 e. The van der Waals surface area contributed by atoms with Crippen LogP contribution in [-0.2, 0) is 4.79 Å². The summed E-state index contributed by atoms with van der Waals surface area (Å²) in [5.41, 5.74) is 4.04. The third-order valence-electron chi connectivity index (χ3n) is 8.59. The molecule has 0 spiro atoms. The van der Waals surface area contributed by atoms with Crippen molar-refractivity contribution in [3.8, 4) is 0 Å². The van der Waals surface area contributed by atoms with Gasteiger partial charge in [-0.05, 0) is 99.5 Å². The number of nitrogens with zero attached hydrogens (tertiary/aromatic N) is 2. The molecule has 0 radical (unpaired) electrons. The van der Waals surface area contributed by atoms with Crippen LogP contribution in [0.2, 0.25) is 0 Å². The van der Waals surface area contributed by atoms with Gasteiger partial charge in [0, 0.05) is 43.1 Å². The van der Waals surface area contributed by atoms with Crippen molar-refractivity contribution in [2.75, 3.05) is 50.0 Å². The van der Waals surface area contributed by atoms with Gasteiger partial charge in [0.15, 0.2) is 0 Å². The molecule has 198 valence electrons. The number of hydrogen-bond donors (Lipinski definition) is 2. The summed E-state index contributed by atoms with van der Waals surface area (Å²) >= 11 is 0. The molecule has 0 aromatic heterocycles. The van der Waals surface area contributed by atoms with Gasteiger partial charge >= 0.3 is 0 Å². The molecule has 37 heavy (non-hydrogen) atoms. The van der Waals surface area contributed by atoms with Crippen molar-refractivity contribution in [1.82, 2.24) is 10.2 Å². The van der Waals surface area contributed by atoms with Crippen LogP contribution in [0.3, 0.4) is 0 Å². The summed E-state index contributed by atoms with van der Waals surface area (Å²) in [6.45, 7) is 4.66. The molecule has 2 aromatic carbocycles. The predicted octanol–water partition coefficient (Wildman–Crippen LogP) is 5.27. The lowest BCUT2D eigenvalue weighted by atomic mass is 9.84. The molecule has 2 saturated heterocycles. The molecule has 6 nitrogen and oxygen atoms in total. The molecule has 6 heteroatoms. The first kappa shape index (κ1) is 25.8. The van der Waals surface area contributed by atoms with Crippen molar-refractivity contribution >= 4 is 23.2 Å². The van der Waals surface area contributed by atoms with Crippen LogP contribution in [0, 0.1) is 11.8 Å².